The van der Waals surface area contributed by atoms with Crippen molar-refractivity contribution in [3.05, 3.63) is 65.5 Å². The van der Waals surface area contributed by atoms with Crippen molar-refractivity contribution in [3.8, 4) is 5.75 Å². The lowest BCUT2D eigenvalue weighted by Crippen LogP contribution is -2.19. The van der Waals surface area contributed by atoms with Gasteiger partial charge in [0, 0.05) is 11.1 Å². The summed E-state index contributed by atoms with van der Waals surface area (Å²) in [5, 5.41) is 7.28. The minimum absolute atomic E-state index is 0.0907. The van der Waals surface area contributed by atoms with Gasteiger partial charge in [0.2, 0.25) is 0 Å². The van der Waals surface area contributed by atoms with E-state index in [1.807, 2.05) is 0 Å². The highest BCUT2D eigenvalue weighted by molar-refractivity contribution is 5.75. The molecule has 2 aromatic carbocycles. The number of rotatable bonds is 4. The number of aliphatic hydroxyl groups is 1. The van der Waals surface area contributed by atoms with E-state index in [4.69, 9.17) is 5.11 Å². The second-order valence-electron chi connectivity index (χ2n) is 5.03. The monoisotopic (exact) mass is 428 g/mol. The van der Waals surface area contributed by atoms with Crippen LogP contribution in [-0.2, 0) is 0 Å². The topological polar surface area (TPSA) is 63.6 Å². The number of alkyl halides is 6. The van der Waals surface area contributed by atoms with Gasteiger partial charge in [-0.3, -0.25) is 9.59 Å². The Morgan fingerprint density at radius 3 is 1.45 bits per heavy atom. The molecule has 0 atom stereocenters. The molecule has 0 saturated carbocycles. The van der Waals surface area contributed by atoms with E-state index >= 15 is 0 Å². The maximum absolute atomic E-state index is 12.1. The van der Waals surface area contributed by atoms with Crippen LogP contribution in [0.2, 0.25) is 0 Å². The Balaban J connectivity index is 0.000000448. The highest BCUT2D eigenvalue weighted by Crippen LogP contribution is 2.18. The van der Waals surface area contributed by atoms with Gasteiger partial charge in [0.25, 0.3) is 0 Å². The number of hydrogen-bond acceptors (Lipinski definition) is 4. The first-order valence-electron chi connectivity index (χ1n) is 7.53. The Morgan fingerprint density at radius 2 is 1.14 bits per heavy atom. The van der Waals surface area contributed by atoms with Crippen molar-refractivity contribution in [3.63, 3.8) is 0 Å². The number of carbonyl (C=O) groups is 2. The first-order valence-corrected chi connectivity index (χ1v) is 7.53. The molecule has 0 fully saturated rings. The number of aldehydes is 2. The largest absolute Gasteiger partial charge is 0.484 e. The van der Waals surface area contributed by atoms with E-state index in [2.05, 4.69) is 4.74 Å². The molecule has 0 bridgehead atoms. The van der Waals surface area contributed by atoms with Gasteiger partial charge in [0.15, 0.2) is 6.61 Å². The molecule has 0 amide bonds. The molecular formula is C18H15F7O4. The summed E-state index contributed by atoms with van der Waals surface area (Å²) in [5.41, 5.74) is 0.890. The molecule has 0 unspecified atom stereocenters. The van der Waals surface area contributed by atoms with Crippen LogP contribution in [0.5, 0.6) is 5.75 Å². The average Bonchev–Trinajstić information content (AvgIpc) is 2.67. The van der Waals surface area contributed by atoms with E-state index in [9.17, 15) is 40.3 Å². The molecule has 0 radical (unpaired) electrons. The quantitative estimate of drug-likeness (QED) is 0.570. The molecule has 4 nitrogen and oxygen atoms in total. The zero-order chi connectivity index (χ0) is 22.5. The van der Waals surface area contributed by atoms with Crippen LogP contribution in [0, 0.1) is 5.82 Å². The van der Waals surface area contributed by atoms with E-state index in [-0.39, 0.29) is 11.6 Å². The van der Waals surface area contributed by atoms with Gasteiger partial charge >= 0.3 is 12.4 Å². The highest BCUT2D eigenvalue weighted by Gasteiger charge is 2.28. The van der Waals surface area contributed by atoms with Crippen LogP contribution in [-0.4, -0.2) is 43.2 Å². The second kappa shape index (κ2) is 12.5. The second-order valence-corrected chi connectivity index (χ2v) is 5.03. The molecule has 2 aromatic rings. The third kappa shape index (κ3) is 14.7. The summed E-state index contributed by atoms with van der Waals surface area (Å²) in [4.78, 5) is 20.2. The zero-order valence-corrected chi connectivity index (χ0v) is 14.5. The molecule has 1 N–H and O–H groups in total. The zero-order valence-electron chi connectivity index (χ0n) is 14.5. The molecule has 11 heteroatoms. The van der Waals surface area contributed by atoms with Crippen LogP contribution < -0.4 is 4.74 Å². The van der Waals surface area contributed by atoms with E-state index < -0.39 is 25.6 Å². The van der Waals surface area contributed by atoms with Gasteiger partial charge in [0.05, 0.1) is 0 Å². The molecule has 0 saturated heterocycles. The van der Waals surface area contributed by atoms with Crippen LogP contribution >= 0.6 is 0 Å². The van der Waals surface area contributed by atoms with Crippen molar-refractivity contribution in [2.75, 3.05) is 13.2 Å². The van der Waals surface area contributed by atoms with Crippen LogP contribution in [0.15, 0.2) is 48.5 Å². The standard InChI is InChI=1S/C9H7F3O2.C7H5FO.C2H3F3O/c10-9(11,12)6-14-8-3-1-7(5-13)2-4-8;8-7-3-1-6(5-9)2-4-7;3-2(4,5)1-6/h1-5H,6H2;1-5H;6H,1H2. The first kappa shape index (κ1) is 26.1. The van der Waals surface area contributed by atoms with Crippen molar-refractivity contribution >= 4 is 12.6 Å². The Bertz CT molecular complexity index is 724. The Labute approximate surface area is 160 Å². The summed E-state index contributed by atoms with van der Waals surface area (Å²) in [6.45, 7) is -3.06. The molecule has 29 heavy (non-hydrogen) atoms. The minimum Gasteiger partial charge on any atom is -0.484 e. The van der Waals surface area contributed by atoms with Crippen LogP contribution in [0.3, 0.4) is 0 Å². The molecule has 0 heterocycles. The van der Waals surface area contributed by atoms with Crippen LogP contribution in [0.4, 0.5) is 30.7 Å². The molecule has 0 aliphatic heterocycles. The van der Waals surface area contributed by atoms with Crippen molar-refractivity contribution in [1.29, 1.82) is 0 Å². The van der Waals surface area contributed by atoms with Gasteiger partial charge in [-0.1, -0.05) is 0 Å². The lowest BCUT2D eigenvalue weighted by atomic mass is 10.2. The summed E-state index contributed by atoms with van der Waals surface area (Å²) >= 11 is 0. The van der Waals surface area contributed by atoms with Gasteiger partial charge in [-0.15, -0.1) is 0 Å². The summed E-state index contributed by atoms with van der Waals surface area (Å²) in [6.07, 6.45) is -7.46. The van der Waals surface area contributed by atoms with Gasteiger partial charge < -0.3 is 9.84 Å². The fraction of sp³-hybridized carbons (Fsp3) is 0.222. The summed E-state index contributed by atoms with van der Waals surface area (Å²) < 4.78 is 83.3. The lowest BCUT2D eigenvalue weighted by Gasteiger charge is -2.08. The predicted molar refractivity (Wildman–Crippen MR) is 88.3 cm³/mol. The fourth-order valence-corrected chi connectivity index (χ4v) is 1.35. The van der Waals surface area contributed by atoms with Gasteiger partial charge in [-0.2, -0.15) is 26.3 Å². The summed E-state index contributed by atoms with van der Waals surface area (Å²) in [7, 11) is 0. The highest BCUT2D eigenvalue weighted by atomic mass is 19.4. The van der Waals surface area contributed by atoms with Gasteiger partial charge in [0.1, 0.15) is 30.7 Å². The molecule has 0 aromatic heterocycles. The van der Waals surface area contributed by atoms with Gasteiger partial charge in [-0.05, 0) is 48.5 Å². The molecular weight excluding hydrogens is 413 g/mol. The van der Waals surface area contributed by atoms with Crippen molar-refractivity contribution in [2.45, 2.75) is 12.4 Å². The number of ether oxygens (including phenoxy) is 1. The molecule has 2 rings (SSSR count). The van der Waals surface area contributed by atoms with Crippen molar-refractivity contribution < 1.29 is 50.2 Å². The molecule has 0 aliphatic carbocycles. The smallest absolute Gasteiger partial charge is 0.422 e. The van der Waals surface area contributed by atoms with Crippen molar-refractivity contribution in [1.82, 2.24) is 0 Å². The fourth-order valence-electron chi connectivity index (χ4n) is 1.35. The van der Waals surface area contributed by atoms with E-state index in [0.29, 0.717) is 23.7 Å². The first-order chi connectivity index (χ1) is 13.4. The average molecular weight is 428 g/mol. The van der Waals surface area contributed by atoms with E-state index in [1.54, 1.807) is 0 Å². The Hall–Kier alpha value is -2.95. The van der Waals surface area contributed by atoms with Crippen LogP contribution in [0.1, 0.15) is 20.7 Å². The third-order valence-electron chi connectivity index (χ3n) is 2.60. The minimum atomic E-state index is -4.40. The number of halogens is 7. The molecule has 0 spiro atoms. The normalized spacial score (nSPS) is 10.6. The van der Waals surface area contributed by atoms with E-state index in [1.165, 1.54) is 48.5 Å². The summed E-state index contributed by atoms with van der Waals surface area (Å²) in [6, 6.07) is 10.8. The number of aliphatic hydroxyl groups excluding tert-OH is 1. The SMILES string of the molecule is O=Cc1ccc(F)cc1.O=Cc1ccc(OCC(F)(F)F)cc1.OCC(F)(F)F. The lowest BCUT2D eigenvalue weighted by molar-refractivity contribution is -0.159. The van der Waals surface area contributed by atoms with Crippen molar-refractivity contribution in [2.24, 2.45) is 0 Å². The Morgan fingerprint density at radius 1 is 0.759 bits per heavy atom. The van der Waals surface area contributed by atoms with Gasteiger partial charge in [-0.25, -0.2) is 4.39 Å². The number of benzene rings is 2. The number of carbonyl (C=O) groups excluding carboxylic acids is 2. The maximum Gasteiger partial charge on any atom is 0.422 e. The molecule has 0 aliphatic rings. The maximum atomic E-state index is 12.1. The third-order valence-corrected chi connectivity index (χ3v) is 2.60. The number of hydrogen-bond donors (Lipinski definition) is 1. The molecule has 160 valence electrons. The van der Waals surface area contributed by atoms with Crippen LogP contribution in [0.25, 0.3) is 0 Å². The Kier molecular flexibility index (Phi) is 11.2. The van der Waals surface area contributed by atoms with E-state index in [0.717, 1.165) is 0 Å². The predicted octanol–water partition coefficient (Wildman–Crippen LogP) is 4.62. The summed E-state index contributed by atoms with van der Waals surface area (Å²) in [5.74, 6) is -0.228.